The van der Waals surface area contributed by atoms with E-state index in [0.29, 0.717) is 24.3 Å². The molecule has 6 heteroatoms. The van der Waals surface area contributed by atoms with Crippen LogP contribution in [0.2, 0.25) is 0 Å². The lowest BCUT2D eigenvalue weighted by Gasteiger charge is -2.27. The Bertz CT molecular complexity index is 835. The van der Waals surface area contributed by atoms with Crippen molar-refractivity contribution in [2.45, 2.75) is 46.4 Å². The van der Waals surface area contributed by atoms with E-state index in [1.807, 2.05) is 0 Å². The summed E-state index contributed by atoms with van der Waals surface area (Å²) in [5.41, 5.74) is 4.59. The molecule has 27 heavy (non-hydrogen) atoms. The first kappa shape index (κ1) is 19.2. The minimum Gasteiger partial charge on any atom is -0.496 e. The number of ether oxygens (including phenoxy) is 1. The van der Waals surface area contributed by atoms with Gasteiger partial charge in [-0.25, -0.2) is 0 Å². The van der Waals surface area contributed by atoms with Crippen LogP contribution in [0, 0.1) is 16.0 Å². The molecule has 0 saturated carbocycles. The molecule has 1 N–H and O–H groups in total. The minimum atomic E-state index is -0.381. The molecule has 2 aromatic carbocycles. The van der Waals surface area contributed by atoms with Crippen LogP contribution in [0.15, 0.2) is 36.4 Å². The summed E-state index contributed by atoms with van der Waals surface area (Å²) in [6.07, 6.45) is 0. The molecule has 1 atom stereocenters. The van der Waals surface area contributed by atoms with Gasteiger partial charge in [0, 0.05) is 49.1 Å². The third kappa shape index (κ3) is 4.06. The highest BCUT2D eigenvalue weighted by molar-refractivity contribution is 5.57. The molecule has 1 unspecified atom stereocenters. The molecule has 0 saturated heterocycles. The van der Waals surface area contributed by atoms with Gasteiger partial charge in [-0.15, -0.1) is 0 Å². The number of nitrogens with zero attached hydrogens (tertiary/aromatic N) is 2. The normalized spacial score (nSPS) is 14.9. The molecule has 0 aliphatic carbocycles. The van der Waals surface area contributed by atoms with E-state index < -0.39 is 0 Å². The molecule has 0 bridgehead atoms. The summed E-state index contributed by atoms with van der Waals surface area (Å²) in [5.74, 6) is 1.25. The number of benzene rings is 2. The summed E-state index contributed by atoms with van der Waals surface area (Å²) in [7, 11) is 1.58. The lowest BCUT2D eigenvalue weighted by atomic mass is 10.1. The zero-order valence-corrected chi connectivity index (χ0v) is 16.4. The third-order valence-electron chi connectivity index (χ3n) is 5.49. The van der Waals surface area contributed by atoms with Gasteiger partial charge in [-0.2, -0.15) is 0 Å². The number of nitro groups is 1. The first-order chi connectivity index (χ1) is 12.9. The second-order valence-corrected chi connectivity index (χ2v) is 7.44. The van der Waals surface area contributed by atoms with Crippen molar-refractivity contribution in [1.29, 1.82) is 0 Å². The molecule has 2 aromatic rings. The Labute approximate surface area is 160 Å². The van der Waals surface area contributed by atoms with E-state index in [1.165, 1.54) is 17.2 Å². The molecule has 1 aliphatic rings. The smallest absolute Gasteiger partial charge is 0.270 e. The maximum Gasteiger partial charge on any atom is 0.270 e. The van der Waals surface area contributed by atoms with Crippen LogP contribution in [0.1, 0.15) is 37.5 Å². The van der Waals surface area contributed by atoms with Gasteiger partial charge in [-0.1, -0.05) is 26.0 Å². The van der Waals surface area contributed by atoms with Gasteiger partial charge in [-0.05, 0) is 36.1 Å². The van der Waals surface area contributed by atoms with Crippen LogP contribution in [0.25, 0.3) is 0 Å². The Morgan fingerprint density at radius 1 is 1.22 bits per heavy atom. The molecule has 6 nitrogen and oxygen atoms in total. The average Bonchev–Trinajstić information content (AvgIpc) is 3.09. The number of fused-ring (bicyclic) bond motifs is 1. The van der Waals surface area contributed by atoms with Crippen LogP contribution < -0.4 is 10.1 Å². The number of methoxy groups -OCH3 is 1. The fourth-order valence-corrected chi connectivity index (χ4v) is 3.53. The Morgan fingerprint density at radius 3 is 2.67 bits per heavy atom. The van der Waals surface area contributed by atoms with Gasteiger partial charge in [-0.3, -0.25) is 15.0 Å². The van der Waals surface area contributed by atoms with Crippen molar-refractivity contribution in [3.8, 4) is 5.75 Å². The van der Waals surface area contributed by atoms with Gasteiger partial charge in [0.25, 0.3) is 5.69 Å². The first-order valence-electron chi connectivity index (χ1n) is 9.30. The van der Waals surface area contributed by atoms with Crippen molar-refractivity contribution in [3.05, 3.63) is 63.2 Å². The minimum absolute atomic E-state index is 0.0721. The molecule has 1 heterocycles. The number of nitro benzene ring substituents is 1. The van der Waals surface area contributed by atoms with Crippen molar-refractivity contribution in [2.75, 3.05) is 12.4 Å². The van der Waals surface area contributed by atoms with Gasteiger partial charge in [0.05, 0.1) is 12.0 Å². The number of non-ortho nitro benzene ring substituents is 1. The molecule has 0 aromatic heterocycles. The summed E-state index contributed by atoms with van der Waals surface area (Å²) in [6, 6.07) is 11.5. The summed E-state index contributed by atoms with van der Waals surface area (Å²) >= 11 is 0. The molecule has 0 amide bonds. The average molecular weight is 369 g/mol. The van der Waals surface area contributed by atoms with E-state index in [0.717, 1.165) is 24.3 Å². The van der Waals surface area contributed by atoms with E-state index in [-0.39, 0.29) is 10.6 Å². The second-order valence-electron chi connectivity index (χ2n) is 7.44. The molecule has 3 rings (SSSR count). The van der Waals surface area contributed by atoms with Gasteiger partial charge in [0.1, 0.15) is 5.75 Å². The maximum absolute atomic E-state index is 11.1. The fourth-order valence-electron chi connectivity index (χ4n) is 3.53. The predicted octanol–water partition coefficient (Wildman–Crippen LogP) is 4.58. The van der Waals surface area contributed by atoms with Crippen LogP contribution in [-0.2, 0) is 19.6 Å². The zero-order chi connectivity index (χ0) is 19.6. The van der Waals surface area contributed by atoms with E-state index in [9.17, 15) is 10.1 Å². The van der Waals surface area contributed by atoms with Gasteiger partial charge in [0.15, 0.2) is 0 Å². The summed E-state index contributed by atoms with van der Waals surface area (Å²) in [5, 5.41) is 14.5. The van der Waals surface area contributed by atoms with E-state index >= 15 is 0 Å². The maximum atomic E-state index is 11.1. The Hall–Kier alpha value is -2.60. The standard InChI is InChI=1S/C21H27N3O3/c1-14(2)15(3)23-12-16-6-5-7-20(19(16)13-23)22-11-17-10-18(24(25)26)8-9-21(17)27-4/h5-10,14-15,22H,11-13H2,1-4H3. The largest absolute Gasteiger partial charge is 0.496 e. The molecule has 0 spiro atoms. The highest BCUT2D eigenvalue weighted by Gasteiger charge is 2.26. The predicted molar refractivity (Wildman–Crippen MR) is 107 cm³/mol. The third-order valence-corrected chi connectivity index (χ3v) is 5.49. The first-order valence-corrected chi connectivity index (χ1v) is 9.30. The lowest BCUT2D eigenvalue weighted by molar-refractivity contribution is -0.384. The van der Waals surface area contributed by atoms with Gasteiger partial charge < -0.3 is 10.1 Å². The summed E-state index contributed by atoms with van der Waals surface area (Å²) in [6.45, 7) is 9.13. The van der Waals surface area contributed by atoms with Crippen molar-refractivity contribution in [1.82, 2.24) is 4.90 Å². The van der Waals surface area contributed by atoms with Crippen LogP contribution >= 0.6 is 0 Å². The Kier molecular flexibility index (Phi) is 5.65. The highest BCUT2D eigenvalue weighted by atomic mass is 16.6. The number of hydrogen-bond acceptors (Lipinski definition) is 5. The number of hydrogen-bond donors (Lipinski definition) is 1. The van der Waals surface area contributed by atoms with Crippen molar-refractivity contribution >= 4 is 11.4 Å². The van der Waals surface area contributed by atoms with Crippen LogP contribution in [0.4, 0.5) is 11.4 Å². The van der Waals surface area contributed by atoms with Gasteiger partial charge in [0.2, 0.25) is 0 Å². The fraction of sp³-hybridized carbons (Fsp3) is 0.429. The molecule has 0 fully saturated rings. The molecule has 0 radical (unpaired) electrons. The van der Waals surface area contributed by atoms with E-state index in [4.69, 9.17) is 4.74 Å². The van der Waals surface area contributed by atoms with Crippen LogP contribution in [0.3, 0.4) is 0 Å². The summed E-state index contributed by atoms with van der Waals surface area (Å²) < 4.78 is 5.37. The topological polar surface area (TPSA) is 67.6 Å². The monoisotopic (exact) mass is 369 g/mol. The highest BCUT2D eigenvalue weighted by Crippen LogP contribution is 2.33. The Balaban J connectivity index is 1.79. The molecular weight excluding hydrogens is 342 g/mol. The van der Waals surface area contributed by atoms with Crippen LogP contribution in [0.5, 0.6) is 5.75 Å². The molecule has 1 aliphatic heterocycles. The quantitative estimate of drug-likeness (QED) is 0.572. The summed E-state index contributed by atoms with van der Waals surface area (Å²) in [4.78, 5) is 13.2. The molecule has 144 valence electrons. The Morgan fingerprint density at radius 2 is 2.00 bits per heavy atom. The van der Waals surface area contributed by atoms with E-state index in [2.05, 4.69) is 49.2 Å². The van der Waals surface area contributed by atoms with Crippen molar-refractivity contribution < 1.29 is 9.66 Å². The molecular formula is C21H27N3O3. The number of rotatable bonds is 7. The second kappa shape index (κ2) is 7.96. The van der Waals surface area contributed by atoms with Crippen molar-refractivity contribution in [2.24, 2.45) is 5.92 Å². The SMILES string of the molecule is COc1ccc([N+](=O)[O-])cc1CNc1cccc2c1CN(C(C)C(C)C)C2. The number of anilines is 1. The lowest BCUT2D eigenvalue weighted by Crippen LogP contribution is -2.32. The van der Waals surface area contributed by atoms with Crippen molar-refractivity contribution in [3.63, 3.8) is 0 Å². The zero-order valence-electron chi connectivity index (χ0n) is 16.4. The van der Waals surface area contributed by atoms with E-state index in [1.54, 1.807) is 19.2 Å². The van der Waals surface area contributed by atoms with Gasteiger partial charge >= 0.3 is 0 Å². The number of nitrogens with one attached hydrogen (secondary N) is 1. The van der Waals surface area contributed by atoms with Crippen LogP contribution in [-0.4, -0.2) is 23.0 Å².